The Morgan fingerprint density at radius 3 is 2.00 bits per heavy atom. The van der Waals surface area contributed by atoms with Crippen LogP contribution in [0.4, 0.5) is 36.3 Å². The average Bonchev–Trinajstić information content (AvgIpc) is 2.72. The third kappa shape index (κ3) is 4.72. The first-order valence-electron chi connectivity index (χ1n) is 8.52. The smallest absolute Gasteiger partial charge is 0.421 e. The van der Waals surface area contributed by atoms with Gasteiger partial charge >= 0.3 is 6.18 Å². The molecule has 0 atom stereocenters. The standard InChI is InChI=1S/C20H18F3IN4O/c1-27(14-8-10-16(29-3)11-9-14)18-17(20(21,22)23)12-25-19(26-18)28(2)15-6-4-13(24)5-7-15/h4-12H,1-3H3. The number of hydrogen-bond donors (Lipinski definition) is 0. The minimum absolute atomic E-state index is 0.162. The van der Waals surface area contributed by atoms with Crippen molar-refractivity contribution in [1.82, 2.24) is 9.97 Å². The van der Waals surface area contributed by atoms with Gasteiger partial charge in [0.25, 0.3) is 0 Å². The van der Waals surface area contributed by atoms with Gasteiger partial charge in [0.1, 0.15) is 11.3 Å². The van der Waals surface area contributed by atoms with Crippen molar-refractivity contribution in [2.24, 2.45) is 0 Å². The average molecular weight is 514 g/mol. The van der Waals surface area contributed by atoms with E-state index in [9.17, 15) is 13.2 Å². The Hall–Kier alpha value is -2.56. The lowest BCUT2D eigenvalue weighted by molar-refractivity contribution is -0.137. The zero-order chi connectivity index (χ0) is 21.2. The highest BCUT2D eigenvalue weighted by Crippen LogP contribution is 2.38. The fraction of sp³-hybridized carbons (Fsp3) is 0.200. The number of hydrogen-bond acceptors (Lipinski definition) is 5. The van der Waals surface area contributed by atoms with E-state index >= 15 is 0 Å². The molecule has 1 aromatic heterocycles. The molecule has 0 amide bonds. The van der Waals surface area contributed by atoms with E-state index in [1.807, 2.05) is 24.3 Å². The van der Waals surface area contributed by atoms with E-state index in [4.69, 9.17) is 4.74 Å². The van der Waals surface area contributed by atoms with Crippen LogP contribution in [0.1, 0.15) is 5.56 Å². The lowest BCUT2D eigenvalue weighted by Gasteiger charge is -2.25. The summed E-state index contributed by atoms with van der Waals surface area (Å²) in [6.07, 6.45) is -3.77. The molecule has 0 N–H and O–H groups in total. The minimum Gasteiger partial charge on any atom is -0.497 e. The molecule has 0 saturated heterocycles. The zero-order valence-corrected chi connectivity index (χ0v) is 18.1. The third-order valence-corrected chi connectivity index (χ3v) is 5.07. The molecule has 0 aliphatic carbocycles. The Balaban J connectivity index is 2.04. The highest BCUT2D eigenvalue weighted by atomic mass is 127. The highest BCUT2D eigenvalue weighted by Gasteiger charge is 2.37. The lowest BCUT2D eigenvalue weighted by Crippen LogP contribution is -2.21. The van der Waals surface area contributed by atoms with Crippen LogP contribution in [0.25, 0.3) is 0 Å². The predicted molar refractivity (Wildman–Crippen MR) is 115 cm³/mol. The molecule has 0 aliphatic heterocycles. The van der Waals surface area contributed by atoms with Gasteiger partial charge in [-0.3, -0.25) is 0 Å². The Morgan fingerprint density at radius 2 is 1.45 bits per heavy atom. The molecular formula is C20H18F3IN4O. The van der Waals surface area contributed by atoms with Crippen LogP contribution in [0, 0.1) is 3.57 Å². The first kappa shape index (κ1) is 21.2. The number of halogens is 4. The quantitative estimate of drug-likeness (QED) is 0.412. The number of methoxy groups -OCH3 is 1. The third-order valence-electron chi connectivity index (χ3n) is 4.35. The molecule has 3 aromatic rings. The molecule has 0 bridgehead atoms. The molecule has 0 fully saturated rings. The van der Waals surface area contributed by atoms with E-state index in [0.717, 1.165) is 15.5 Å². The Morgan fingerprint density at radius 1 is 0.897 bits per heavy atom. The summed E-state index contributed by atoms with van der Waals surface area (Å²) in [6, 6.07) is 14.2. The number of alkyl halides is 3. The predicted octanol–water partition coefficient (Wildman–Crippen LogP) is 5.64. The van der Waals surface area contributed by atoms with Crippen molar-refractivity contribution in [2.45, 2.75) is 6.18 Å². The van der Waals surface area contributed by atoms with E-state index < -0.39 is 11.7 Å². The minimum atomic E-state index is -4.59. The molecule has 5 nitrogen and oxygen atoms in total. The molecule has 1 heterocycles. The second kappa shape index (κ2) is 8.44. The fourth-order valence-electron chi connectivity index (χ4n) is 2.69. The van der Waals surface area contributed by atoms with Crippen molar-refractivity contribution in [3.8, 4) is 5.75 Å². The number of nitrogens with zero attached hydrogens (tertiary/aromatic N) is 4. The largest absolute Gasteiger partial charge is 0.497 e. The van der Waals surface area contributed by atoms with Crippen LogP contribution >= 0.6 is 22.6 Å². The van der Waals surface area contributed by atoms with Gasteiger partial charge < -0.3 is 14.5 Å². The second-order valence-corrected chi connectivity index (χ2v) is 7.44. The van der Waals surface area contributed by atoms with E-state index in [1.165, 1.54) is 19.1 Å². The van der Waals surface area contributed by atoms with Crippen molar-refractivity contribution in [3.05, 3.63) is 63.9 Å². The number of ether oxygens (including phenoxy) is 1. The number of rotatable bonds is 5. The van der Waals surface area contributed by atoms with Gasteiger partial charge in [0, 0.05) is 35.2 Å². The molecule has 29 heavy (non-hydrogen) atoms. The van der Waals surface area contributed by atoms with Gasteiger partial charge in [-0.25, -0.2) is 4.98 Å². The van der Waals surface area contributed by atoms with Crippen molar-refractivity contribution in [2.75, 3.05) is 31.0 Å². The molecule has 0 unspecified atom stereocenters. The van der Waals surface area contributed by atoms with Gasteiger partial charge in [-0.05, 0) is 71.1 Å². The van der Waals surface area contributed by atoms with Gasteiger partial charge in [-0.2, -0.15) is 18.2 Å². The van der Waals surface area contributed by atoms with Gasteiger partial charge in [0.15, 0.2) is 5.82 Å². The topological polar surface area (TPSA) is 41.5 Å². The Labute approximate surface area is 180 Å². The normalized spacial score (nSPS) is 11.3. The SMILES string of the molecule is COc1ccc(N(C)c2nc(N(C)c3ccc(I)cc3)ncc2C(F)(F)F)cc1. The summed E-state index contributed by atoms with van der Waals surface area (Å²) in [5.41, 5.74) is 0.400. The maximum Gasteiger partial charge on any atom is 0.421 e. The molecule has 3 rings (SSSR count). The van der Waals surface area contributed by atoms with E-state index in [2.05, 4.69) is 32.6 Å². The number of aromatic nitrogens is 2. The fourth-order valence-corrected chi connectivity index (χ4v) is 3.05. The zero-order valence-electron chi connectivity index (χ0n) is 15.9. The second-order valence-electron chi connectivity index (χ2n) is 6.20. The van der Waals surface area contributed by atoms with Gasteiger partial charge in [0.05, 0.1) is 7.11 Å². The first-order valence-corrected chi connectivity index (χ1v) is 9.60. The van der Waals surface area contributed by atoms with E-state index in [1.54, 1.807) is 36.2 Å². The number of anilines is 4. The molecule has 0 saturated carbocycles. The molecule has 0 spiro atoms. The van der Waals surface area contributed by atoms with Crippen LogP contribution in [0.2, 0.25) is 0 Å². The first-order chi connectivity index (χ1) is 13.7. The molecule has 9 heteroatoms. The summed E-state index contributed by atoms with van der Waals surface area (Å²) < 4.78 is 47.0. The summed E-state index contributed by atoms with van der Waals surface area (Å²) in [5, 5.41) is 0. The maximum atomic E-state index is 13.6. The van der Waals surface area contributed by atoms with Crippen LogP contribution in [-0.4, -0.2) is 31.2 Å². The van der Waals surface area contributed by atoms with Crippen molar-refractivity contribution < 1.29 is 17.9 Å². The summed E-state index contributed by atoms with van der Waals surface area (Å²) in [6.45, 7) is 0. The van der Waals surface area contributed by atoms with E-state index in [-0.39, 0.29) is 11.8 Å². The van der Waals surface area contributed by atoms with Crippen molar-refractivity contribution >= 4 is 45.7 Å². The van der Waals surface area contributed by atoms with Gasteiger partial charge in [-0.1, -0.05) is 0 Å². The Kier molecular flexibility index (Phi) is 6.15. The van der Waals surface area contributed by atoms with E-state index in [0.29, 0.717) is 11.4 Å². The van der Waals surface area contributed by atoms with Crippen LogP contribution in [0.15, 0.2) is 54.7 Å². The van der Waals surface area contributed by atoms with Crippen LogP contribution in [0.3, 0.4) is 0 Å². The van der Waals surface area contributed by atoms with Crippen LogP contribution in [0.5, 0.6) is 5.75 Å². The van der Waals surface area contributed by atoms with Crippen LogP contribution in [-0.2, 0) is 6.18 Å². The van der Waals surface area contributed by atoms with Gasteiger partial charge in [-0.15, -0.1) is 0 Å². The number of benzene rings is 2. The lowest BCUT2D eigenvalue weighted by atomic mass is 10.2. The molecule has 152 valence electrons. The highest BCUT2D eigenvalue weighted by molar-refractivity contribution is 14.1. The van der Waals surface area contributed by atoms with Crippen LogP contribution < -0.4 is 14.5 Å². The molecular weight excluding hydrogens is 496 g/mol. The van der Waals surface area contributed by atoms with Crippen molar-refractivity contribution in [3.63, 3.8) is 0 Å². The summed E-state index contributed by atoms with van der Waals surface area (Å²) >= 11 is 2.18. The monoisotopic (exact) mass is 514 g/mol. The Bertz CT molecular complexity index is 979. The molecule has 0 aliphatic rings. The maximum absolute atomic E-state index is 13.6. The summed E-state index contributed by atoms with van der Waals surface area (Å²) in [5.74, 6) is 0.541. The summed E-state index contributed by atoms with van der Waals surface area (Å²) in [4.78, 5) is 11.2. The molecule has 0 radical (unpaired) electrons. The van der Waals surface area contributed by atoms with Crippen molar-refractivity contribution in [1.29, 1.82) is 0 Å². The summed E-state index contributed by atoms with van der Waals surface area (Å²) in [7, 11) is 4.77. The molecule has 2 aromatic carbocycles. The van der Waals surface area contributed by atoms with Gasteiger partial charge in [0.2, 0.25) is 5.95 Å².